The normalized spacial score (nSPS) is 11.8. The summed E-state index contributed by atoms with van der Waals surface area (Å²) in [6.45, 7) is 1.86. The van der Waals surface area contributed by atoms with Gasteiger partial charge in [0.05, 0.1) is 15.8 Å². The Balaban J connectivity index is 2.69. The van der Waals surface area contributed by atoms with Crippen molar-refractivity contribution in [1.29, 1.82) is 0 Å². The van der Waals surface area contributed by atoms with Gasteiger partial charge in [-0.05, 0) is 18.6 Å². The van der Waals surface area contributed by atoms with E-state index in [1.165, 1.54) is 11.3 Å². The van der Waals surface area contributed by atoms with E-state index >= 15 is 0 Å². The molecule has 0 radical (unpaired) electrons. The number of halogens is 1. The van der Waals surface area contributed by atoms with Gasteiger partial charge in [-0.1, -0.05) is 18.5 Å². The summed E-state index contributed by atoms with van der Waals surface area (Å²) in [5, 5.41) is 0. The molecule has 5 heteroatoms. The number of rotatable bonds is 4. The monoisotopic (exact) mass is 238 g/mol. The molecule has 1 aromatic heterocycles. The second-order valence-electron chi connectivity index (χ2n) is 2.80. The summed E-state index contributed by atoms with van der Waals surface area (Å²) in [5.74, 6) is 0.376. The van der Waals surface area contributed by atoms with Crippen LogP contribution in [0.5, 0.6) is 0 Å². The lowest BCUT2D eigenvalue weighted by Crippen LogP contribution is -2.07. The third kappa shape index (κ3) is 3.67. The van der Waals surface area contributed by atoms with Crippen LogP contribution in [0.2, 0.25) is 4.34 Å². The van der Waals surface area contributed by atoms with E-state index in [0.717, 1.165) is 4.88 Å². The maximum Gasteiger partial charge on any atom is 0.155 e. The molecule has 0 bridgehead atoms. The van der Waals surface area contributed by atoms with E-state index in [-0.39, 0.29) is 11.5 Å². The quantitative estimate of drug-likeness (QED) is 0.809. The van der Waals surface area contributed by atoms with Crippen molar-refractivity contribution in [1.82, 2.24) is 0 Å². The minimum absolute atomic E-state index is 0.123. The molecule has 1 heterocycles. The Labute approximate surface area is 87.5 Å². The van der Waals surface area contributed by atoms with E-state index in [2.05, 4.69) is 0 Å². The lowest BCUT2D eigenvalue weighted by atomic mass is 10.5. The molecule has 0 aromatic carbocycles. The Morgan fingerprint density at radius 3 is 2.62 bits per heavy atom. The van der Waals surface area contributed by atoms with Crippen LogP contribution in [-0.2, 0) is 15.6 Å². The molecule has 74 valence electrons. The van der Waals surface area contributed by atoms with Crippen molar-refractivity contribution in [2.45, 2.75) is 19.1 Å². The molecule has 0 atom stereocenters. The van der Waals surface area contributed by atoms with Crippen molar-refractivity contribution in [3.8, 4) is 0 Å². The first kappa shape index (κ1) is 11.0. The predicted octanol–water partition coefficient (Wildman–Crippen LogP) is 2.73. The highest BCUT2D eigenvalue weighted by atomic mass is 35.5. The predicted molar refractivity (Wildman–Crippen MR) is 57.1 cm³/mol. The van der Waals surface area contributed by atoms with Crippen LogP contribution in [0.3, 0.4) is 0 Å². The Kier molecular flexibility index (Phi) is 3.76. The van der Waals surface area contributed by atoms with Gasteiger partial charge in [0, 0.05) is 4.88 Å². The van der Waals surface area contributed by atoms with E-state index in [4.69, 9.17) is 11.6 Å². The molecule has 0 saturated heterocycles. The highest BCUT2D eigenvalue weighted by Gasteiger charge is 2.11. The highest BCUT2D eigenvalue weighted by molar-refractivity contribution is 7.90. The third-order valence-electron chi connectivity index (χ3n) is 1.51. The molecule has 0 fully saturated rings. The fourth-order valence-electron chi connectivity index (χ4n) is 1.03. The first-order valence-corrected chi connectivity index (χ1v) is 7.00. The van der Waals surface area contributed by atoms with Crippen molar-refractivity contribution < 1.29 is 8.42 Å². The van der Waals surface area contributed by atoms with Crippen LogP contribution >= 0.6 is 22.9 Å². The Bertz CT molecular complexity index is 367. The molecule has 0 saturated carbocycles. The first-order valence-electron chi connectivity index (χ1n) is 3.98. The summed E-state index contributed by atoms with van der Waals surface area (Å²) >= 11 is 7.02. The fraction of sp³-hybridized carbons (Fsp3) is 0.500. The average molecular weight is 239 g/mol. The molecule has 0 spiro atoms. The van der Waals surface area contributed by atoms with Crippen molar-refractivity contribution >= 4 is 32.8 Å². The van der Waals surface area contributed by atoms with Crippen LogP contribution in [0.25, 0.3) is 0 Å². The summed E-state index contributed by atoms with van der Waals surface area (Å²) in [6, 6.07) is 3.49. The van der Waals surface area contributed by atoms with Crippen LogP contribution in [0, 0.1) is 0 Å². The molecule has 0 aliphatic carbocycles. The van der Waals surface area contributed by atoms with Crippen LogP contribution < -0.4 is 0 Å². The number of hydrogen-bond acceptors (Lipinski definition) is 3. The van der Waals surface area contributed by atoms with Crippen molar-refractivity contribution in [3.63, 3.8) is 0 Å². The van der Waals surface area contributed by atoms with Crippen molar-refractivity contribution in [2.24, 2.45) is 0 Å². The van der Waals surface area contributed by atoms with Crippen LogP contribution in [0.4, 0.5) is 0 Å². The van der Waals surface area contributed by atoms with Crippen LogP contribution in [0.15, 0.2) is 12.1 Å². The summed E-state index contributed by atoms with van der Waals surface area (Å²) in [7, 11) is -2.92. The topological polar surface area (TPSA) is 34.1 Å². The molecule has 2 nitrogen and oxygen atoms in total. The molecule has 13 heavy (non-hydrogen) atoms. The summed E-state index contributed by atoms with van der Waals surface area (Å²) in [5.41, 5.74) is 0. The van der Waals surface area contributed by atoms with Crippen molar-refractivity contribution in [2.75, 3.05) is 5.75 Å². The average Bonchev–Trinajstić information content (AvgIpc) is 2.34. The van der Waals surface area contributed by atoms with Gasteiger partial charge in [0.2, 0.25) is 0 Å². The maximum absolute atomic E-state index is 11.4. The molecule has 0 unspecified atom stereocenters. The molecule has 0 amide bonds. The zero-order valence-electron chi connectivity index (χ0n) is 7.29. The number of thiophene rings is 1. The molecule has 1 rings (SSSR count). The SMILES string of the molecule is CCCS(=O)(=O)Cc1ccc(Cl)s1. The standard InChI is InChI=1S/C8H11ClO2S2/c1-2-5-13(10,11)6-7-3-4-8(9)12-7/h3-4H,2,5-6H2,1H3. The molecule has 0 aliphatic heterocycles. The largest absolute Gasteiger partial charge is 0.228 e. The highest BCUT2D eigenvalue weighted by Crippen LogP contribution is 2.23. The maximum atomic E-state index is 11.4. The Morgan fingerprint density at radius 1 is 1.46 bits per heavy atom. The second kappa shape index (κ2) is 4.44. The summed E-state index contributed by atoms with van der Waals surface area (Å²) in [4.78, 5) is 0.818. The zero-order chi connectivity index (χ0) is 9.90. The lowest BCUT2D eigenvalue weighted by Gasteiger charge is -1.98. The zero-order valence-corrected chi connectivity index (χ0v) is 9.68. The smallest absolute Gasteiger partial charge is 0.155 e. The van der Waals surface area contributed by atoms with Gasteiger partial charge in [-0.25, -0.2) is 8.42 Å². The van der Waals surface area contributed by atoms with E-state index in [1.807, 2.05) is 6.92 Å². The number of hydrogen-bond donors (Lipinski definition) is 0. The van der Waals surface area contributed by atoms with E-state index < -0.39 is 9.84 Å². The Morgan fingerprint density at radius 2 is 2.15 bits per heavy atom. The molecular weight excluding hydrogens is 228 g/mol. The summed E-state index contributed by atoms with van der Waals surface area (Å²) in [6.07, 6.45) is 0.668. The minimum Gasteiger partial charge on any atom is -0.228 e. The molecular formula is C8H11ClO2S2. The Hall–Kier alpha value is -0.0600. The van der Waals surface area contributed by atoms with E-state index in [9.17, 15) is 8.42 Å². The fourth-order valence-corrected chi connectivity index (χ4v) is 3.98. The van der Waals surface area contributed by atoms with Crippen molar-refractivity contribution in [3.05, 3.63) is 21.3 Å². The molecule has 1 aromatic rings. The third-order valence-corrected chi connectivity index (χ3v) is 4.70. The molecule has 0 aliphatic rings. The summed E-state index contributed by atoms with van der Waals surface area (Å²) < 4.78 is 23.4. The lowest BCUT2D eigenvalue weighted by molar-refractivity contribution is 0.594. The van der Waals surface area contributed by atoms with Gasteiger partial charge in [0.25, 0.3) is 0 Å². The van der Waals surface area contributed by atoms with Gasteiger partial charge in [-0.2, -0.15) is 0 Å². The van der Waals surface area contributed by atoms with Gasteiger partial charge in [0.15, 0.2) is 9.84 Å². The van der Waals surface area contributed by atoms with Gasteiger partial charge in [0.1, 0.15) is 0 Å². The minimum atomic E-state index is -2.92. The van der Waals surface area contributed by atoms with Crippen LogP contribution in [-0.4, -0.2) is 14.2 Å². The van der Waals surface area contributed by atoms with Gasteiger partial charge < -0.3 is 0 Å². The van der Waals surface area contributed by atoms with Gasteiger partial charge in [-0.3, -0.25) is 0 Å². The second-order valence-corrected chi connectivity index (χ2v) is 6.78. The van der Waals surface area contributed by atoms with E-state index in [1.54, 1.807) is 12.1 Å². The van der Waals surface area contributed by atoms with E-state index in [0.29, 0.717) is 10.8 Å². The van der Waals surface area contributed by atoms with Crippen LogP contribution in [0.1, 0.15) is 18.2 Å². The van der Waals surface area contributed by atoms with Gasteiger partial charge in [-0.15, -0.1) is 11.3 Å². The first-order chi connectivity index (χ1) is 6.03. The van der Waals surface area contributed by atoms with Gasteiger partial charge >= 0.3 is 0 Å². The number of sulfone groups is 1. The molecule has 0 N–H and O–H groups in total.